The highest BCUT2D eigenvalue weighted by Gasteiger charge is 2.47. The Morgan fingerprint density at radius 1 is 0.343 bits per heavy atom. The molecule has 0 saturated heterocycles. The maximum atomic E-state index is 2.64. The van der Waals surface area contributed by atoms with Gasteiger partial charge in [0.15, 0.2) is 0 Å². The molecule has 13 rings (SSSR count). The zero-order valence-electron chi connectivity index (χ0n) is 39.3. The number of aryl methyl sites for hydroxylation is 3. The van der Waals surface area contributed by atoms with Gasteiger partial charge in [0.05, 0.1) is 11.1 Å². The smallest absolute Gasteiger partial charge is 0.0714 e. The Kier molecular flexibility index (Phi) is 8.76. The molecule has 4 aliphatic rings. The van der Waals surface area contributed by atoms with E-state index in [0.29, 0.717) is 0 Å². The molecular weight excluding hydrogens is 807 g/mol. The van der Waals surface area contributed by atoms with Crippen molar-refractivity contribution in [3.05, 3.63) is 255 Å². The Bertz CT molecular complexity index is 3330. The molecule has 0 heterocycles. The number of fused-ring (bicyclic) bond motifs is 10. The molecule has 0 N–H and O–H groups in total. The van der Waals surface area contributed by atoms with Crippen LogP contribution in [0.2, 0.25) is 0 Å². The zero-order chi connectivity index (χ0) is 45.2. The van der Waals surface area contributed by atoms with Crippen LogP contribution in [0.5, 0.6) is 0 Å². The second-order valence-electron chi connectivity index (χ2n) is 20.7. The Balaban J connectivity index is 1.16. The van der Waals surface area contributed by atoms with Crippen LogP contribution in [-0.4, -0.2) is 0 Å². The monoisotopic (exact) mass is 861 g/mol. The summed E-state index contributed by atoms with van der Waals surface area (Å²) in [6, 6.07) is 74.8. The molecule has 67 heavy (non-hydrogen) atoms. The first-order chi connectivity index (χ1) is 32.7. The number of rotatable bonds is 6. The van der Waals surface area contributed by atoms with E-state index in [2.05, 4.69) is 234 Å². The van der Waals surface area contributed by atoms with Crippen LogP contribution in [0.3, 0.4) is 0 Å². The lowest BCUT2D eigenvalue weighted by Gasteiger charge is -2.36. The predicted octanol–water partition coefficient (Wildman–Crippen LogP) is 17.0. The number of benzene rings is 9. The quantitative estimate of drug-likeness (QED) is 0.161. The molecule has 1 nitrogen and oxygen atoms in total. The molecule has 0 aromatic heterocycles. The number of hydrogen-bond donors (Lipinski definition) is 0. The second kappa shape index (κ2) is 14.6. The summed E-state index contributed by atoms with van der Waals surface area (Å²) in [6.45, 7) is 12.0. The Morgan fingerprint density at radius 3 is 1.33 bits per heavy atom. The number of nitrogens with zero attached hydrogens (tertiary/aromatic N) is 1. The van der Waals surface area contributed by atoms with Crippen LogP contribution >= 0.6 is 0 Å². The predicted molar refractivity (Wildman–Crippen MR) is 280 cm³/mol. The van der Waals surface area contributed by atoms with E-state index in [4.69, 9.17) is 0 Å². The van der Waals surface area contributed by atoms with E-state index in [1.807, 2.05) is 0 Å². The summed E-state index contributed by atoms with van der Waals surface area (Å²) in [6.07, 6.45) is 4.79. The van der Waals surface area contributed by atoms with E-state index in [9.17, 15) is 0 Å². The fourth-order valence-electron chi connectivity index (χ4n) is 13.2. The first kappa shape index (κ1) is 40.1. The molecule has 0 radical (unpaired) electrons. The lowest BCUT2D eigenvalue weighted by Crippen LogP contribution is -2.29. The SMILES string of the molecule is Cc1cc2c(cc1-c1cc3c(cc1N(c1ccc4c(c1)C(C)(C)c1ccccc1-4)c1ccc4c(c1)C(C)(C)c1ccccc1-4)C(c1ccccc1)(c1ccccc1)c1ccccc1-3)CCCC2. The van der Waals surface area contributed by atoms with Crippen molar-refractivity contribution < 1.29 is 0 Å². The second-order valence-corrected chi connectivity index (χ2v) is 20.7. The molecule has 0 bridgehead atoms. The summed E-state index contributed by atoms with van der Waals surface area (Å²) in [5, 5.41) is 0. The summed E-state index contributed by atoms with van der Waals surface area (Å²) in [7, 11) is 0. The van der Waals surface area contributed by atoms with Crippen LogP contribution in [0.4, 0.5) is 17.1 Å². The topological polar surface area (TPSA) is 3.24 Å². The highest BCUT2D eigenvalue weighted by molar-refractivity contribution is 5.98. The van der Waals surface area contributed by atoms with Crippen molar-refractivity contribution in [3.63, 3.8) is 0 Å². The van der Waals surface area contributed by atoms with Crippen LogP contribution < -0.4 is 4.90 Å². The van der Waals surface area contributed by atoms with Gasteiger partial charge >= 0.3 is 0 Å². The summed E-state index contributed by atoms with van der Waals surface area (Å²) in [5.41, 5.74) is 28.3. The van der Waals surface area contributed by atoms with Crippen LogP contribution in [0.1, 0.15) is 102 Å². The summed E-state index contributed by atoms with van der Waals surface area (Å²) >= 11 is 0. The molecule has 1 heteroatoms. The lowest BCUT2D eigenvalue weighted by molar-refractivity contribution is 0.660. The van der Waals surface area contributed by atoms with Gasteiger partial charge < -0.3 is 4.90 Å². The van der Waals surface area contributed by atoms with Gasteiger partial charge in [-0.25, -0.2) is 0 Å². The molecular formula is C66H55N. The van der Waals surface area contributed by atoms with Crippen molar-refractivity contribution >= 4 is 17.1 Å². The van der Waals surface area contributed by atoms with Crippen molar-refractivity contribution in [2.45, 2.75) is 76.5 Å². The molecule has 4 aliphatic carbocycles. The third kappa shape index (κ3) is 5.67. The van der Waals surface area contributed by atoms with Crippen molar-refractivity contribution in [3.8, 4) is 44.5 Å². The average Bonchev–Trinajstić information content (AvgIpc) is 3.88. The van der Waals surface area contributed by atoms with E-state index in [1.54, 1.807) is 0 Å². The van der Waals surface area contributed by atoms with E-state index in [0.717, 1.165) is 12.8 Å². The first-order valence-electron chi connectivity index (χ1n) is 24.5. The largest absolute Gasteiger partial charge is 0.310 e. The van der Waals surface area contributed by atoms with Gasteiger partial charge in [-0.15, -0.1) is 0 Å². The van der Waals surface area contributed by atoms with Crippen molar-refractivity contribution in [1.82, 2.24) is 0 Å². The molecule has 0 fully saturated rings. The molecule has 0 spiro atoms. The van der Waals surface area contributed by atoms with Gasteiger partial charge in [-0.2, -0.15) is 0 Å². The van der Waals surface area contributed by atoms with E-state index in [1.165, 1.54) is 136 Å². The zero-order valence-corrected chi connectivity index (χ0v) is 39.3. The van der Waals surface area contributed by atoms with E-state index >= 15 is 0 Å². The third-order valence-electron chi connectivity index (χ3n) is 16.4. The van der Waals surface area contributed by atoms with E-state index < -0.39 is 5.41 Å². The Labute approximate surface area is 396 Å². The maximum Gasteiger partial charge on any atom is 0.0714 e. The lowest BCUT2D eigenvalue weighted by atomic mass is 9.67. The van der Waals surface area contributed by atoms with Gasteiger partial charge in [0.25, 0.3) is 0 Å². The summed E-state index contributed by atoms with van der Waals surface area (Å²) in [5.74, 6) is 0. The van der Waals surface area contributed by atoms with E-state index in [-0.39, 0.29) is 10.8 Å². The highest BCUT2D eigenvalue weighted by Crippen LogP contribution is 2.60. The van der Waals surface area contributed by atoms with Gasteiger partial charge in [-0.05, 0) is 169 Å². The minimum atomic E-state index is -0.554. The molecule has 9 aromatic rings. The Hall–Kier alpha value is -7.22. The van der Waals surface area contributed by atoms with Crippen LogP contribution in [-0.2, 0) is 29.1 Å². The van der Waals surface area contributed by atoms with Crippen molar-refractivity contribution in [1.29, 1.82) is 0 Å². The fourth-order valence-corrected chi connectivity index (χ4v) is 13.2. The average molecular weight is 862 g/mol. The third-order valence-corrected chi connectivity index (χ3v) is 16.4. The van der Waals surface area contributed by atoms with Crippen LogP contribution in [0, 0.1) is 6.92 Å². The normalized spacial score (nSPS) is 16.0. The number of hydrogen-bond acceptors (Lipinski definition) is 1. The summed E-state index contributed by atoms with van der Waals surface area (Å²) < 4.78 is 0. The van der Waals surface area contributed by atoms with Crippen LogP contribution in [0.25, 0.3) is 44.5 Å². The van der Waals surface area contributed by atoms with Gasteiger partial charge in [-0.1, -0.05) is 185 Å². The first-order valence-corrected chi connectivity index (χ1v) is 24.5. The van der Waals surface area contributed by atoms with Gasteiger partial charge in [-0.3, -0.25) is 0 Å². The molecule has 0 amide bonds. The molecule has 0 atom stereocenters. The molecule has 9 aromatic carbocycles. The summed E-state index contributed by atoms with van der Waals surface area (Å²) in [4.78, 5) is 2.64. The minimum absolute atomic E-state index is 0.164. The van der Waals surface area contributed by atoms with Gasteiger partial charge in [0, 0.05) is 27.8 Å². The minimum Gasteiger partial charge on any atom is -0.310 e. The Morgan fingerprint density at radius 2 is 0.791 bits per heavy atom. The molecule has 0 saturated carbocycles. The molecule has 0 unspecified atom stereocenters. The van der Waals surface area contributed by atoms with Gasteiger partial charge in [0.1, 0.15) is 0 Å². The standard InChI is InChI=1S/C66H55N/c1-42-36-43-20-12-13-21-44(43)37-54(42)56-40-55-51-28-16-19-31-59(51)66(45-22-8-6-9-23-45,46-24-10-7-11-25-46)62(55)41-63(56)67(47-32-34-52-49-26-14-17-29-57(49)64(2,3)60(52)38-47)48-33-35-53-50-27-15-18-30-58(50)65(4,5)61(53)39-48/h6-11,14-19,22-41H,12-13,20-21H2,1-5H3. The fraction of sp³-hybridized carbons (Fsp3) is 0.182. The van der Waals surface area contributed by atoms with Gasteiger partial charge in [0.2, 0.25) is 0 Å². The van der Waals surface area contributed by atoms with Crippen molar-refractivity contribution in [2.24, 2.45) is 0 Å². The molecule has 324 valence electrons. The molecule has 0 aliphatic heterocycles. The number of anilines is 3. The van der Waals surface area contributed by atoms with Crippen LogP contribution in [0.15, 0.2) is 194 Å². The maximum absolute atomic E-state index is 2.64. The van der Waals surface area contributed by atoms with Crippen molar-refractivity contribution in [2.75, 3.05) is 4.90 Å². The highest BCUT2D eigenvalue weighted by atomic mass is 15.1.